The Morgan fingerprint density at radius 2 is 1.51 bits per heavy atom. The molecule has 0 bridgehead atoms. The molecule has 2 rings (SSSR count). The van der Waals surface area contributed by atoms with Crippen LogP contribution in [0.3, 0.4) is 0 Å². The monoisotopic (exact) mass is 571 g/mol. The number of esters is 1. The van der Waals surface area contributed by atoms with Gasteiger partial charge in [0.1, 0.15) is 17.5 Å². The normalized spacial score (nSPS) is 16.5. The molecule has 1 aromatic rings. The fourth-order valence-electron chi connectivity index (χ4n) is 3.95. The molecule has 0 unspecified atom stereocenters. The highest BCUT2D eigenvalue weighted by molar-refractivity contribution is 8.00. The van der Waals surface area contributed by atoms with Crippen molar-refractivity contribution < 1.29 is 45.3 Å². The molecule has 0 saturated carbocycles. The van der Waals surface area contributed by atoms with Gasteiger partial charge in [-0.05, 0) is 69.6 Å². The minimum atomic E-state index is -4.37. The lowest BCUT2D eigenvalue weighted by molar-refractivity contribution is -0.159. The molecular weight excluding hydrogens is 535 g/mol. The van der Waals surface area contributed by atoms with E-state index in [9.17, 15) is 26.4 Å². The quantitative estimate of drug-likeness (QED) is 0.265. The molecular formula is C24H36F3NO7S2. The van der Waals surface area contributed by atoms with Gasteiger partial charge in [-0.3, -0.25) is 4.79 Å². The molecule has 37 heavy (non-hydrogen) atoms. The predicted molar refractivity (Wildman–Crippen MR) is 134 cm³/mol. The summed E-state index contributed by atoms with van der Waals surface area (Å²) in [6.45, 7) is 5.30. The van der Waals surface area contributed by atoms with E-state index in [4.69, 9.17) is 18.9 Å². The number of halogens is 3. The molecule has 212 valence electrons. The minimum absolute atomic E-state index is 0.0321. The number of methoxy groups -OCH3 is 2. The SMILES string of the molecule is COCCC(CCOC)(C(=O)OC(C)(C)C)S(=O)(=O)N1CCC(Oc2ccc(SC(F)(F)F)cc2)CC1. The summed E-state index contributed by atoms with van der Waals surface area (Å²) >= 11 is -0.207. The molecule has 1 aliphatic rings. The summed E-state index contributed by atoms with van der Waals surface area (Å²) < 4.78 is 86.6. The summed E-state index contributed by atoms with van der Waals surface area (Å²) in [4.78, 5) is 13.4. The first kappa shape index (κ1) is 31.7. The Hall–Kier alpha value is -1.54. The van der Waals surface area contributed by atoms with E-state index in [1.807, 2.05) is 0 Å². The van der Waals surface area contributed by atoms with E-state index in [1.54, 1.807) is 20.8 Å². The number of benzene rings is 1. The molecule has 1 aliphatic heterocycles. The number of nitrogens with zero attached hydrogens (tertiary/aromatic N) is 1. The number of hydrogen-bond donors (Lipinski definition) is 0. The van der Waals surface area contributed by atoms with Crippen molar-refractivity contribution in [1.29, 1.82) is 0 Å². The highest BCUT2D eigenvalue weighted by Crippen LogP contribution is 2.38. The van der Waals surface area contributed by atoms with E-state index >= 15 is 0 Å². The second-order valence-corrected chi connectivity index (χ2v) is 13.1. The number of sulfonamides is 1. The van der Waals surface area contributed by atoms with E-state index in [2.05, 4.69) is 0 Å². The maximum absolute atomic E-state index is 13.9. The highest BCUT2D eigenvalue weighted by Gasteiger charge is 2.55. The smallest absolute Gasteiger partial charge is 0.446 e. The number of rotatable bonds is 12. The zero-order chi connectivity index (χ0) is 27.9. The summed E-state index contributed by atoms with van der Waals surface area (Å²) in [5.41, 5.74) is -5.27. The molecule has 0 spiro atoms. The first-order valence-electron chi connectivity index (χ1n) is 11.9. The number of carbonyl (C=O) groups is 1. The summed E-state index contributed by atoms with van der Waals surface area (Å²) in [6.07, 6.45) is 0.168. The number of piperidine rings is 1. The van der Waals surface area contributed by atoms with Crippen LogP contribution in [0.5, 0.6) is 5.75 Å². The third-order valence-corrected chi connectivity index (χ3v) is 9.13. The van der Waals surface area contributed by atoms with Gasteiger partial charge >= 0.3 is 11.5 Å². The Balaban J connectivity index is 2.17. The molecule has 0 aliphatic carbocycles. The zero-order valence-corrected chi connectivity index (χ0v) is 23.4. The van der Waals surface area contributed by atoms with Gasteiger partial charge in [0.15, 0.2) is 4.75 Å². The molecule has 1 aromatic carbocycles. The number of ether oxygens (including phenoxy) is 4. The number of hydrogen-bond acceptors (Lipinski definition) is 8. The Labute approximate surface area is 221 Å². The van der Waals surface area contributed by atoms with Crippen LogP contribution in [-0.4, -0.2) is 81.2 Å². The van der Waals surface area contributed by atoms with E-state index in [0.29, 0.717) is 18.6 Å². The fraction of sp³-hybridized carbons (Fsp3) is 0.708. The van der Waals surface area contributed by atoms with Crippen molar-refractivity contribution in [2.24, 2.45) is 0 Å². The van der Waals surface area contributed by atoms with Crippen LogP contribution in [0.25, 0.3) is 0 Å². The van der Waals surface area contributed by atoms with E-state index in [-0.39, 0.29) is 61.9 Å². The summed E-state index contributed by atoms with van der Waals surface area (Å²) in [5.74, 6) is -0.444. The third-order valence-electron chi connectivity index (χ3n) is 5.79. The molecule has 0 atom stereocenters. The lowest BCUT2D eigenvalue weighted by atomic mass is 10.0. The minimum Gasteiger partial charge on any atom is -0.490 e. The highest BCUT2D eigenvalue weighted by atomic mass is 32.2. The topological polar surface area (TPSA) is 91.4 Å². The van der Waals surface area contributed by atoms with Crippen LogP contribution in [0.2, 0.25) is 0 Å². The zero-order valence-electron chi connectivity index (χ0n) is 21.8. The van der Waals surface area contributed by atoms with Crippen molar-refractivity contribution in [2.45, 2.75) is 73.3 Å². The summed E-state index contributed by atoms with van der Waals surface area (Å²) in [7, 11) is -1.33. The van der Waals surface area contributed by atoms with Gasteiger partial charge in [0.25, 0.3) is 0 Å². The van der Waals surface area contributed by atoms with Gasteiger partial charge < -0.3 is 18.9 Å². The van der Waals surface area contributed by atoms with Gasteiger partial charge in [0.2, 0.25) is 10.0 Å². The first-order valence-corrected chi connectivity index (χ1v) is 14.1. The van der Waals surface area contributed by atoms with Gasteiger partial charge in [-0.1, -0.05) is 0 Å². The van der Waals surface area contributed by atoms with Crippen LogP contribution < -0.4 is 4.74 Å². The van der Waals surface area contributed by atoms with E-state index < -0.39 is 31.8 Å². The van der Waals surface area contributed by atoms with Crippen LogP contribution in [0.4, 0.5) is 13.2 Å². The lowest BCUT2D eigenvalue weighted by Crippen LogP contribution is -2.58. The molecule has 0 aromatic heterocycles. The number of alkyl halides is 3. The standard InChI is InChI=1S/C24H36F3NO7S2/c1-22(2,3)35-21(29)23(12-16-32-4,13-17-33-5)37(30,31)28-14-10-19(11-15-28)34-18-6-8-20(9-7-18)36-24(25,26)27/h6-9,19H,10-17H2,1-5H3. The lowest BCUT2D eigenvalue weighted by Gasteiger charge is -2.40. The van der Waals surface area contributed by atoms with E-state index in [0.717, 1.165) is 0 Å². The maximum Gasteiger partial charge on any atom is 0.446 e. The van der Waals surface area contributed by atoms with Crippen molar-refractivity contribution in [3.63, 3.8) is 0 Å². The molecule has 0 radical (unpaired) electrons. The van der Waals surface area contributed by atoms with Gasteiger partial charge in [-0.15, -0.1) is 0 Å². The molecule has 1 saturated heterocycles. The average Bonchev–Trinajstić information content (AvgIpc) is 2.79. The van der Waals surface area contributed by atoms with Gasteiger partial charge in [0, 0.05) is 58.3 Å². The third kappa shape index (κ3) is 9.02. The van der Waals surface area contributed by atoms with Crippen LogP contribution >= 0.6 is 11.8 Å². The molecule has 1 heterocycles. The second-order valence-electron chi connectivity index (χ2n) is 9.72. The van der Waals surface area contributed by atoms with Crippen LogP contribution in [0.1, 0.15) is 46.5 Å². The largest absolute Gasteiger partial charge is 0.490 e. The van der Waals surface area contributed by atoms with Gasteiger partial charge in [0.05, 0.1) is 0 Å². The molecule has 8 nitrogen and oxygen atoms in total. The Morgan fingerprint density at radius 3 is 1.95 bits per heavy atom. The molecule has 1 fully saturated rings. The molecule has 0 N–H and O–H groups in total. The fourth-order valence-corrected chi connectivity index (χ4v) is 6.61. The van der Waals surface area contributed by atoms with Crippen LogP contribution in [0.15, 0.2) is 29.2 Å². The predicted octanol–water partition coefficient (Wildman–Crippen LogP) is 4.63. The molecule has 0 amide bonds. The Kier molecular flexibility index (Phi) is 11.1. The maximum atomic E-state index is 13.9. The van der Waals surface area contributed by atoms with Gasteiger partial charge in [-0.25, -0.2) is 12.7 Å². The van der Waals surface area contributed by atoms with Crippen molar-refractivity contribution in [3.05, 3.63) is 24.3 Å². The summed E-state index contributed by atoms with van der Waals surface area (Å²) in [5, 5.41) is 0. The number of thioether (sulfide) groups is 1. The van der Waals surface area contributed by atoms with E-state index in [1.165, 1.54) is 42.8 Å². The Morgan fingerprint density at radius 1 is 1.00 bits per heavy atom. The molecule has 13 heteroatoms. The Bertz CT molecular complexity index is 964. The van der Waals surface area contributed by atoms with Crippen molar-refractivity contribution in [1.82, 2.24) is 4.31 Å². The average molecular weight is 572 g/mol. The summed E-state index contributed by atoms with van der Waals surface area (Å²) in [6, 6.07) is 5.57. The van der Waals surface area contributed by atoms with Crippen molar-refractivity contribution in [3.8, 4) is 5.75 Å². The van der Waals surface area contributed by atoms with Crippen LogP contribution in [-0.2, 0) is 29.0 Å². The van der Waals surface area contributed by atoms with Crippen LogP contribution in [0, 0.1) is 0 Å². The van der Waals surface area contributed by atoms with Crippen molar-refractivity contribution in [2.75, 3.05) is 40.5 Å². The second kappa shape index (κ2) is 13.0. The van der Waals surface area contributed by atoms with Crippen molar-refractivity contribution >= 4 is 27.8 Å². The first-order chi connectivity index (χ1) is 17.1. The number of carbonyl (C=O) groups excluding carboxylic acids is 1. The van der Waals surface area contributed by atoms with Gasteiger partial charge in [-0.2, -0.15) is 13.2 Å².